The van der Waals surface area contributed by atoms with Gasteiger partial charge in [0.2, 0.25) is 0 Å². The molecule has 88 valence electrons. The molecule has 1 heterocycles. The van der Waals surface area contributed by atoms with Crippen molar-refractivity contribution in [1.29, 1.82) is 0 Å². The molecule has 0 unspecified atom stereocenters. The van der Waals surface area contributed by atoms with Crippen molar-refractivity contribution in [2.75, 3.05) is 6.61 Å². The highest BCUT2D eigenvalue weighted by atomic mass is 16.6. The predicted molar refractivity (Wildman–Crippen MR) is 58.1 cm³/mol. The van der Waals surface area contributed by atoms with Gasteiger partial charge in [0, 0.05) is 0 Å². The Labute approximate surface area is 94.8 Å². The summed E-state index contributed by atoms with van der Waals surface area (Å²) < 4.78 is 10.2. The van der Waals surface area contributed by atoms with Crippen molar-refractivity contribution in [3.63, 3.8) is 0 Å². The van der Waals surface area contributed by atoms with E-state index in [1.165, 1.54) is 12.4 Å². The van der Waals surface area contributed by atoms with E-state index >= 15 is 0 Å². The summed E-state index contributed by atoms with van der Waals surface area (Å²) in [6.45, 7) is 7.06. The molecule has 0 aliphatic rings. The van der Waals surface area contributed by atoms with E-state index in [2.05, 4.69) is 9.97 Å². The molecule has 1 rings (SSSR count). The fourth-order valence-corrected chi connectivity index (χ4v) is 0.969. The monoisotopic (exact) mass is 224 g/mol. The first kappa shape index (κ1) is 12.4. The summed E-state index contributed by atoms with van der Waals surface area (Å²) in [4.78, 5) is 19.2. The molecule has 1 aromatic heterocycles. The molecular weight excluding hydrogens is 208 g/mol. The maximum Gasteiger partial charge on any atom is 0.344 e. The molecular formula is C11H16N2O3. The normalized spacial score (nSPS) is 11.0. The first-order valence-electron chi connectivity index (χ1n) is 5.00. The number of rotatable bonds is 3. The Hall–Kier alpha value is -1.65. The van der Waals surface area contributed by atoms with Crippen molar-refractivity contribution in [3.8, 4) is 5.75 Å². The number of nitrogens with zero attached hydrogens (tertiary/aromatic N) is 2. The minimum atomic E-state index is -0.496. The molecule has 1 aromatic rings. The zero-order valence-electron chi connectivity index (χ0n) is 9.98. The third kappa shape index (κ3) is 4.72. The van der Waals surface area contributed by atoms with Crippen LogP contribution in [0, 0.1) is 6.92 Å². The van der Waals surface area contributed by atoms with Crippen LogP contribution in [0.5, 0.6) is 5.75 Å². The van der Waals surface area contributed by atoms with Gasteiger partial charge in [-0.1, -0.05) is 0 Å². The van der Waals surface area contributed by atoms with Gasteiger partial charge in [-0.2, -0.15) is 0 Å². The fraction of sp³-hybridized carbons (Fsp3) is 0.545. The number of carbonyl (C=O) groups excluding carboxylic acids is 1. The maximum atomic E-state index is 11.3. The van der Waals surface area contributed by atoms with Crippen molar-refractivity contribution in [2.45, 2.75) is 33.3 Å². The zero-order chi connectivity index (χ0) is 12.2. The molecule has 0 aliphatic heterocycles. The summed E-state index contributed by atoms with van der Waals surface area (Å²) in [6.07, 6.45) is 3.04. The highest BCUT2D eigenvalue weighted by Gasteiger charge is 2.16. The van der Waals surface area contributed by atoms with Crippen molar-refractivity contribution < 1.29 is 14.3 Å². The van der Waals surface area contributed by atoms with Crippen LogP contribution >= 0.6 is 0 Å². The van der Waals surface area contributed by atoms with Crippen LogP contribution in [0.15, 0.2) is 12.4 Å². The molecule has 0 N–H and O–H groups in total. The number of aromatic nitrogens is 2. The summed E-state index contributed by atoms with van der Waals surface area (Å²) in [5, 5.41) is 0. The Morgan fingerprint density at radius 1 is 1.31 bits per heavy atom. The topological polar surface area (TPSA) is 61.3 Å². The first-order valence-corrected chi connectivity index (χ1v) is 5.00. The number of hydrogen-bond acceptors (Lipinski definition) is 5. The highest BCUT2D eigenvalue weighted by Crippen LogP contribution is 2.09. The number of ether oxygens (including phenoxy) is 2. The fourth-order valence-electron chi connectivity index (χ4n) is 0.969. The van der Waals surface area contributed by atoms with E-state index < -0.39 is 11.6 Å². The second-order valence-electron chi connectivity index (χ2n) is 4.34. The quantitative estimate of drug-likeness (QED) is 0.728. The van der Waals surface area contributed by atoms with Gasteiger partial charge >= 0.3 is 5.97 Å². The van der Waals surface area contributed by atoms with Gasteiger partial charge < -0.3 is 9.47 Å². The number of carbonyl (C=O) groups is 1. The maximum absolute atomic E-state index is 11.3. The molecule has 0 spiro atoms. The van der Waals surface area contributed by atoms with Crippen LogP contribution in [-0.4, -0.2) is 28.1 Å². The Kier molecular flexibility index (Phi) is 3.82. The Morgan fingerprint density at radius 2 is 1.88 bits per heavy atom. The number of esters is 1. The average molecular weight is 224 g/mol. The molecule has 0 aromatic carbocycles. The molecule has 5 nitrogen and oxygen atoms in total. The van der Waals surface area contributed by atoms with Gasteiger partial charge in [0.25, 0.3) is 0 Å². The summed E-state index contributed by atoms with van der Waals surface area (Å²) in [5.41, 5.74) is -0.496. The highest BCUT2D eigenvalue weighted by molar-refractivity contribution is 5.71. The van der Waals surface area contributed by atoms with Crippen molar-refractivity contribution in [3.05, 3.63) is 18.2 Å². The van der Waals surface area contributed by atoms with E-state index in [9.17, 15) is 4.79 Å². The summed E-state index contributed by atoms with van der Waals surface area (Å²) in [7, 11) is 0. The second kappa shape index (κ2) is 4.92. The van der Waals surface area contributed by atoms with Crippen molar-refractivity contribution in [1.82, 2.24) is 9.97 Å². The van der Waals surface area contributed by atoms with Crippen molar-refractivity contribution in [2.24, 2.45) is 0 Å². The molecule has 0 saturated heterocycles. The standard InChI is InChI=1S/C11H16N2O3/c1-8-12-5-9(6-13-8)15-7-10(14)16-11(2,3)4/h5-6H,7H2,1-4H3. The molecule has 0 amide bonds. The largest absolute Gasteiger partial charge is 0.479 e. The van der Waals surface area contributed by atoms with Crippen LogP contribution in [0.3, 0.4) is 0 Å². The van der Waals surface area contributed by atoms with Crippen molar-refractivity contribution >= 4 is 5.97 Å². The predicted octanol–water partition coefficient (Wildman–Crippen LogP) is 1.51. The second-order valence-corrected chi connectivity index (χ2v) is 4.34. The molecule has 0 radical (unpaired) electrons. The average Bonchev–Trinajstić information content (AvgIpc) is 2.14. The van der Waals surface area contributed by atoms with Gasteiger partial charge in [0.1, 0.15) is 11.4 Å². The lowest BCUT2D eigenvalue weighted by Crippen LogP contribution is -2.27. The molecule has 0 aliphatic carbocycles. The van der Waals surface area contributed by atoms with Gasteiger partial charge in [-0.05, 0) is 27.7 Å². The third-order valence-corrected chi connectivity index (χ3v) is 1.53. The van der Waals surface area contributed by atoms with Crippen LogP contribution < -0.4 is 4.74 Å². The van der Waals surface area contributed by atoms with Gasteiger partial charge in [-0.15, -0.1) is 0 Å². The molecule has 0 atom stereocenters. The molecule has 16 heavy (non-hydrogen) atoms. The van der Waals surface area contributed by atoms with Gasteiger partial charge in [-0.3, -0.25) is 0 Å². The molecule has 0 saturated carbocycles. The zero-order valence-corrected chi connectivity index (χ0v) is 9.98. The van der Waals surface area contributed by atoms with E-state index in [1.54, 1.807) is 27.7 Å². The van der Waals surface area contributed by atoms with Crippen LogP contribution in [0.1, 0.15) is 26.6 Å². The van der Waals surface area contributed by atoms with E-state index in [-0.39, 0.29) is 6.61 Å². The molecule has 0 fully saturated rings. The SMILES string of the molecule is Cc1ncc(OCC(=O)OC(C)(C)C)cn1. The molecule has 5 heteroatoms. The third-order valence-electron chi connectivity index (χ3n) is 1.53. The lowest BCUT2D eigenvalue weighted by molar-refractivity contribution is -0.157. The van der Waals surface area contributed by atoms with Crippen LogP contribution in [0.2, 0.25) is 0 Å². The van der Waals surface area contributed by atoms with Gasteiger partial charge in [0.05, 0.1) is 12.4 Å². The lowest BCUT2D eigenvalue weighted by Gasteiger charge is -2.19. The summed E-state index contributed by atoms with van der Waals surface area (Å²) in [5.74, 6) is 0.703. The van der Waals surface area contributed by atoms with Gasteiger partial charge in [0.15, 0.2) is 12.4 Å². The van der Waals surface area contributed by atoms with E-state index in [0.29, 0.717) is 11.6 Å². The Bertz CT molecular complexity index is 354. The summed E-state index contributed by atoms with van der Waals surface area (Å²) >= 11 is 0. The smallest absolute Gasteiger partial charge is 0.344 e. The van der Waals surface area contributed by atoms with Gasteiger partial charge in [-0.25, -0.2) is 14.8 Å². The number of hydrogen-bond donors (Lipinski definition) is 0. The van der Waals surface area contributed by atoms with E-state index in [4.69, 9.17) is 9.47 Å². The van der Waals surface area contributed by atoms with E-state index in [0.717, 1.165) is 0 Å². The van der Waals surface area contributed by atoms with Crippen LogP contribution in [0.25, 0.3) is 0 Å². The lowest BCUT2D eigenvalue weighted by atomic mass is 10.2. The van der Waals surface area contributed by atoms with Crippen LogP contribution in [0.4, 0.5) is 0 Å². The summed E-state index contributed by atoms with van der Waals surface area (Å²) in [6, 6.07) is 0. The minimum absolute atomic E-state index is 0.135. The Morgan fingerprint density at radius 3 is 2.38 bits per heavy atom. The minimum Gasteiger partial charge on any atom is -0.479 e. The first-order chi connectivity index (χ1) is 7.37. The molecule has 0 bridgehead atoms. The Balaban J connectivity index is 2.40. The number of aryl methyl sites for hydroxylation is 1. The van der Waals surface area contributed by atoms with E-state index in [1.807, 2.05) is 0 Å². The van der Waals surface area contributed by atoms with Crippen LogP contribution in [-0.2, 0) is 9.53 Å².